The van der Waals surface area contributed by atoms with Gasteiger partial charge in [-0.05, 0) is 19.9 Å². The zero-order valence-electron chi connectivity index (χ0n) is 12.8. The van der Waals surface area contributed by atoms with Crippen molar-refractivity contribution in [1.29, 1.82) is 0 Å². The molecule has 112 valence electrons. The number of halogens is 1. The van der Waals surface area contributed by atoms with Crippen LogP contribution in [0.5, 0.6) is 0 Å². The van der Waals surface area contributed by atoms with Gasteiger partial charge >= 0.3 is 0 Å². The first-order valence-corrected chi connectivity index (χ1v) is 8.61. The van der Waals surface area contributed by atoms with Crippen molar-refractivity contribution >= 4 is 21.7 Å². The van der Waals surface area contributed by atoms with Crippen LogP contribution in [0, 0.1) is 6.92 Å². The van der Waals surface area contributed by atoms with E-state index < -0.39 is 0 Å². The van der Waals surface area contributed by atoms with Crippen molar-refractivity contribution in [1.82, 2.24) is 14.9 Å². The highest BCUT2D eigenvalue weighted by Gasteiger charge is 2.17. The Morgan fingerprint density at radius 1 is 1.20 bits per heavy atom. The molecule has 5 heteroatoms. The first-order valence-electron chi connectivity index (χ1n) is 7.49. The molecule has 1 aromatic heterocycles. The SMILES string of the molecule is Cc1cc(N2CCCN(CCBr)CC2)nc(C(C)C)n1. The van der Waals surface area contributed by atoms with Gasteiger partial charge in [0.15, 0.2) is 0 Å². The fourth-order valence-corrected chi connectivity index (χ4v) is 3.04. The molecule has 0 N–H and O–H groups in total. The van der Waals surface area contributed by atoms with Crippen LogP contribution < -0.4 is 4.90 Å². The van der Waals surface area contributed by atoms with E-state index in [1.165, 1.54) is 13.0 Å². The maximum atomic E-state index is 4.76. The molecule has 1 fully saturated rings. The van der Waals surface area contributed by atoms with Gasteiger partial charge in [0.25, 0.3) is 0 Å². The molecule has 0 unspecified atom stereocenters. The Labute approximate surface area is 130 Å². The molecule has 1 aliphatic heterocycles. The topological polar surface area (TPSA) is 32.3 Å². The molecule has 20 heavy (non-hydrogen) atoms. The van der Waals surface area contributed by atoms with E-state index in [9.17, 15) is 0 Å². The number of anilines is 1. The zero-order chi connectivity index (χ0) is 14.5. The highest BCUT2D eigenvalue weighted by molar-refractivity contribution is 9.09. The van der Waals surface area contributed by atoms with Crippen LogP contribution in [0.15, 0.2) is 6.07 Å². The van der Waals surface area contributed by atoms with Crippen LogP contribution >= 0.6 is 15.9 Å². The van der Waals surface area contributed by atoms with Gasteiger partial charge < -0.3 is 9.80 Å². The molecule has 0 radical (unpaired) electrons. The molecular weight excluding hydrogens is 316 g/mol. The normalized spacial score (nSPS) is 17.6. The molecule has 1 aliphatic rings. The van der Waals surface area contributed by atoms with Gasteiger partial charge in [-0.25, -0.2) is 9.97 Å². The zero-order valence-corrected chi connectivity index (χ0v) is 14.4. The Bertz CT molecular complexity index is 436. The van der Waals surface area contributed by atoms with Crippen LogP contribution in [-0.2, 0) is 0 Å². The molecular formula is C15H25BrN4. The summed E-state index contributed by atoms with van der Waals surface area (Å²) >= 11 is 3.53. The summed E-state index contributed by atoms with van der Waals surface area (Å²) in [5, 5.41) is 1.05. The van der Waals surface area contributed by atoms with Gasteiger partial charge in [0.2, 0.25) is 0 Å². The lowest BCUT2D eigenvalue weighted by Crippen LogP contribution is -2.32. The summed E-state index contributed by atoms with van der Waals surface area (Å²) in [7, 11) is 0. The largest absolute Gasteiger partial charge is 0.355 e. The molecule has 0 saturated carbocycles. The predicted molar refractivity (Wildman–Crippen MR) is 87.9 cm³/mol. The van der Waals surface area contributed by atoms with E-state index in [0.29, 0.717) is 5.92 Å². The summed E-state index contributed by atoms with van der Waals surface area (Å²) in [6.07, 6.45) is 1.20. The van der Waals surface area contributed by atoms with Crippen LogP contribution in [-0.4, -0.2) is 52.9 Å². The van der Waals surface area contributed by atoms with Crippen LogP contribution in [0.3, 0.4) is 0 Å². The summed E-state index contributed by atoms with van der Waals surface area (Å²) in [6, 6.07) is 2.12. The number of aryl methyl sites for hydroxylation is 1. The first kappa shape index (κ1) is 15.7. The summed E-state index contributed by atoms with van der Waals surface area (Å²) < 4.78 is 0. The van der Waals surface area contributed by atoms with Gasteiger partial charge in [-0.15, -0.1) is 0 Å². The van der Waals surface area contributed by atoms with Gasteiger partial charge in [-0.2, -0.15) is 0 Å². The number of nitrogens with zero attached hydrogens (tertiary/aromatic N) is 4. The van der Waals surface area contributed by atoms with Crippen LogP contribution in [0.2, 0.25) is 0 Å². The van der Waals surface area contributed by atoms with Crippen molar-refractivity contribution in [2.45, 2.75) is 33.1 Å². The maximum Gasteiger partial charge on any atom is 0.133 e. The number of aromatic nitrogens is 2. The molecule has 4 nitrogen and oxygen atoms in total. The molecule has 0 spiro atoms. The molecule has 0 bridgehead atoms. The van der Waals surface area contributed by atoms with Gasteiger partial charge in [0.05, 0.1) is 0 Å². The maximum absolute atomic E-state index is 4.76. The van der Waals surface area contributed by atoms with E-state index in [2.05, 4.69) is 57.6 Å². The molecule has 2 rings (SSSR count). The Hall–Kier alpha value is -0.680. The van der Waals surface area contributed by atoms with Crippen molar-refractivity contribution in [3.8, 4) is 0 Å². The van der Waals surface area contributed by atoms with E-state index in [1.807, 2.05) is 0 Å². The Kier molecular flexibility index (Phi) is 5.78. The fourth-order valence-electron chi connectivity index (χ4n) is 2.54. The van der Waals surface area contributed by atoms with Crippen LogP contribution in [0.4, 0.5) is 5.82 Å². The van der Waals surface area contributed by atoms with E-state index in [0.717, 1.165) is 48.8 Å². The van der Waals surface area contributed by atoms with Crippen molar-refractivity contribution in [3.05, 3.63) is 17.6 Å². The predicted octanol–water partition coefficient (Wildman–Crippen LogP) is 2.82. The Balaban J connectivity index is 2.11. The summed E-state index contributed by atoms with van der Waals surface area (Å²) in [4.78, 5) is 14.2. The van der Waals surface area contributed by atoms with Crippen molar-refractivity contribution in [2.24, 2.45) is 0 Å². The fraction of sp³-hybridized carbons (Fsp3) is 0.733. The van der Waals surface area contributed by atoms with E-state index >= 15 is 0 Å². The highest BCUT2D eigenvalue weighted by atomic mass is 79.9. The van der Waals surface area contributed by atoms with E-state index in [4.69, 9.17) is 4.98 Å². The number of alkyl halides is 1. The quantitative estimate of drug-likeness (QED) is 0.789. The summed E-state index contributed by atoms with van der Waals surface area (Å²) in [5.41, 5.74) is 1.07. The van der Waals surface area contributed by atoms with Gasteiger partial charge in [-0.3, -0.25) is 0 Å². The van der Waals surface area contributed by atoms with Gasteiger partial charge in [0, 0.05) is 49.2 Å². The summed E-state index contributed by atoms with van der Waals surface area (Å²) in [5.74, 6) is 2.44. The average molecular weight is 341 g/mol. The number of hydrogen-bond acceptors (Lipinski definition) is 4. The third kappa shape index (κ3) is 4.16. The molecule has 0 aliphatic carbocycles. The average Bonchev–Trinajstić information content (AvgIpc) is 2.64. The minimum absolute atomic E-state index is 0.380. The molecule has 1 aromatic rings. The Morgan fingerprint density at radius 3 is 2.70 bits per heavy atom. The lowest BCUT2D eigenvalue weighted by molar-refractivity contribution is 0.313. The molecule has 0 atom stereocenters. The highest BCUT2D eigenvalue weighted by Crippen LogP contribution is 2.18. The second-order valence-electron chi connectivity index (χ2n) is 5.75. The smallest absolute Gasteiger partial charge is 0.133 e. The van der Waals surface area contributed by atoms with Crippen molar-refractivity contribution in [2.75, 3.05) is 43.0 Å². The summed E-state index contributed by atoms with van der Waals surface area (Å²) in [6.45, 7) is 11.9. The van der Waals surface area contributed by atoms with E-state index in [-0.39, 0.29) is 0 Å². The third-order valence-corrected chi connectivity index (χ3v) is 4.04. The second-order valence-corrected chi connectivity index (χ2v) is 6.54. The monoisotopic (exact) mass is 340 g/mol. The number of hydrogen-bond donors (Lipinski definition) is 0. The molecule has 1 saturated heterocycles. The van der Waals surface area contributed by atoms with Gasteiger partial charge in [-0.1, -0.05) is 29.8 Å². The minimum Gasteiger partial charge on any atom is -0.355 e. The first-order chi connectivity index (χ1) is 9.60. The molecule has 0 amide bonds. The molecule has 2 heterocycles. The number of rotatable bonds is 4. The minimum atomic E-state index is 0.380. The van der Waals surface area contributed by atoms with Crippen LogP contribution in [0.1, 0.15) is 37.7 Å². The lowest BCUT2D eigenvalue weighted by Gasteiger charge is -2.23. The van der Waals surface area contributed by atoms with Crippen molar-refractivity contribution in [3.63, 3.8) is 0 Å². The third-order valence-electron chi connectivity index (χ3n) is 3.69. The van der Waals surface area contributed by atoms with Crippen LogP contribution in [0.25, 0.3) is 0 Å². The van der Waals surface area contributed by atoms with Crippen molar-refractivity contribution < 1.29 is 0 Å². The van der Waals surface area contributed by atoms with E-state index in [1.54, 1.807) is 0 Å². The van der Waals surface area contributed by atoms with Gasteiger partial charge in [0.1, 0.15) is 11.6 Å². The lowest BCUT2D eigenvalue weighted by atomic mass is 10.2. The molecule has 0 aromatic carbocycles. The Morgan fingerprint density at radius 2 is 2.00 bits per heavy atom. The second kappa shape index (κ2) is 7.36. The standard InChI is InChI=1S/C15H25BrN4/c1-12(2)15-17-13(3)11-14(18-15)20-7-4-6-19(8-5-16)9-10-20/h11-12H,4-10H2,1-3H3.